The Morgan fingerprint density at radius 1 is 1.27 bits per heavy atom. The molecular formula is C22H23ClN4O3. The van der Waals surface area contributed by atoms with E-state index in [4.69, 9.17) is 26.8 Å². The summed E-state index contributed by atoms with van der Waals surface area (Å²) in [6, 6.07) is 11.1. The molecule has 2 N–H and O–H groups in total. The van der Waals surface area contributed by atoms with Gasteiger partial charge in [-0.3, -0.25) is 9.69 Å². The van der Waals surface area contributed by atoms with Crippen LogP contribution in [0.5, 0.6) is 5.75 Å². The lowest BCUT2D eigenvalue weighted by Gasteiger charge is -2.29. The number of fused-ring (bicyclic) bond motifs is 1. The van der Waals surface area contributed by atoms with Gasteiger partial charge in [-0.15, -0.1) is 0 Å². The average Bonchev–Trinajstić information content (AvgIpc) is 2.73. The average molecular weight is 427 g/mol. The van der Waals surface area contributed by atoms with Crippen molar-refractivity contribution in [1.29, 1.82) is 5.26 Å². The number of nitrogens with zero attached hydrogens (tertiary/aromatic N) is 3. The van der Waals surface area contributed by atoms with E-state index in [1.807, 2.05) is 19.1 Å². The Labute approximate surface area is 179 Å². The maximum Gasteiger partial charge on any atom is 0.258 e. The lowest BCUT2D eigenvalue weighted by atomic mass is 9.84. The molecule has 1 unspecified atom stereocenters. The van der Waals surface area contributed by atoms with Crippen LogP contribution in [0.3, 0.4) is 0 Å². The number of nitriles is 1. The summed E-state index contributed by atoms with van der Waals surface area (Å²) in [5.41, 5.74) is 8.00. The standard InChI is InChI=1S/C22H23ClN4O3/c1-14-11-18-20(22(28)27(14)6-5-26-7-9-29-10-8-26)19(17(13-24)21(25)30-18)15-3-2-4-16(23)12-15/h2-4,11-12,19H,5-10,25H2,1H3. The molecule has 1 atom stereocenters. The van der Waals surface area contributed by atoms with Crippen molar-refractivity contribution in [2.45, 2.75) is 19.4 Å². The second kappa shape index (κ2) is 8.52. The highest BCUT2D eigenvalue weighted by Gasteiger charge is 2.34. The third-order valence-corrected chi connectivity index (χ3v) is 5.85. The van der Waals surface area contributed by atoms with Crippen LogP contribution < -0.4 is 16.0 Å². The first-order valence-electron chi connectivity index (χ1n) is 9.87. The molecule has 4 rings (SSSR count). The third kappa shape index (κ3) is 3.82. The van der Waals surface area contributed by atoms with Crippen LogP contribution in [0.4, 0.5) is 0 Å². The number of rotatable bonds is 4. The Morgan fingerprint density at radius 2 is 2.03 bits per heavy atom. The summed E-state index contributed by atoms with van der Waals surface area (Å²) in [5, 5.41) is 10.3. The van der Waals surface area contributed by atoms with Gasteiger partial charge in [0, 0.05) is 43.0 Å². The number of allylic oxidation sites excluding steroid dienone is 1. The van der Waals surface area contributed by atoms with E-state index in [0.29, 0.717) is 36.1 Å². The smallest absolute Gasteiger partial charge is 0.258 e. The molecule has 1 aromatic carbocycles. The lowest BCUT2D eigenvalue weighted by Crippen LogP contribution is -2.40. The zero-order valence-electron chi connectivity index (χ0n) is 16.7. The van der Waals surface area contributed by atoms with Crippen LogP contribution in [0.1, 0.15) is 22.7 Å². The van der Waals surface area contributed by atoms with E-state index >= 15 is 0 Å². The first-order valence-corrected chi connectivity index (χ1v) is 10.2. The van der Waals surface area contributed by atoms with Crippen molar-refractivity contribution in [3.8, 4) is 11.8 Å². The van der Waals surface area contributed by atoms with Gasteiger partial charge in [-0.25, -0.2) is 0 Å². The molecule has 2 aliphatic heterocycles. The molecule has 3 heterocycles. The molecule has 1 aromatic heterocycles. The number of halogens is 1. The highest BCUT2D eigenvalue weighted by Crippen LogP contribution is 2.40. The van der Waals surface area contributed by atoms with Crippen molar-refractivity contribution >= 4 is 11.6 Å². The van der Waals surface area contributed by atoms with Crippen LogP contribution in [0.15, 0.2) is 46.6 Å². The molecule has 0 spiro atoms. The minimum atomic E-state index is -0.625. The maximum atomic E-state index is 13.6. The molecule has 30 heavy (non-hydrogen) atoms. The van der Waals surface area contributed by atoms with Crippen LogP contribution in [0, 0.1) is 18.3 Å². The minimum Gasteiger partial charge on any atom is -0.440 e. The van der Waals surface area contributed by atoms with Crippen molar-refractivity contribution < 1.29 is 9.47 Å². The SMILES string of the molecule is Cc1cc2c(c(=O)n1CCN1CCOCC1)C(c1cccc(Cl)c1)C(C#N)=C(N)O2. The summed E-state index contributed by atoms with van der Waals surface area (Å²) in [7, 11) is 0. The lowest BCUT2D eigenvalue weighted by molar-refractivity contribution is 0.0362. The summed E-state index contributed by atoms with van der Waals surface area (Å²) in [6.45, 7) is 6.28. The van der Waals surface area contributed by atoms with Crippen molar-refractivity contribution in [3.05, 3.63) is 74.0 Å². The fraction of sp³-hybridized carbons (Fsp3) is 0.364. The molecule has 1 saturated heterocycles. The van der Waals surface area contributed by atoms with Gasteiger partial charge in [-0.05, 0) is 24.6 Å². The molecule has 0 saturated carbocycles. The zero-order valence-corrected chi connectivity index (χ0v) is 17.5. The molecule has 0 radical (unpaired) electrons. The van der Waals surface area contributed by atoms with E-state index in [9.17, 15) is 10.1 Å². The fourth-order valence-corrected chi connectivity index (χ4v) is 4.25. The maximum absolute atomic E-state index is 13.6. The van der Waals surface area contributed by atoms with Crippen LogP contribution >= 0.6 is 11.6 Å². The van der Waals surface area contributed by atoms with Gasteiger partial charge in [0.25, 0.3) is 5.56 Å². The Bertz CT molecular complexity index is 1100. The fourth-order valence-electron chi connectivity index (χ4n) is 4.05. The van der Waals surface area contributed by atoms with Gasteiger partial charge in [0.15, 0.2) is 0 Å². The van der Waals surface area contributed by atoms with Gasteiger partial charge in [0.2, 0.25) is 5.88 Å². The second-order valence-electron chi connectivity index (χ2n) is 7.45. The van der Waals surface area contributed by atoms with E-state index in [2.05, 4.69) is 11.0 Å². The topological polar surface area (TPSA) is 93.5 Å². The highest BCUT2D eigenvalue weighted by atomic mass is 35.5. The van der Waals surface area contributed by atoms with E-state index in [1.54, 1.807) is 22.8 Å². The van der Waals surface area contributed by atoms with Crippen molar-refractivity contribution in [3.63, 3.8) is 0 Å². The summed E-state index contributed by atoms with van der Waals surface area (Å²) in [4.78, 5) is 15.9. The third-order valence-electron chi connectivity index (χ3n) is 5.62. The van der Waals surface area contributed by atoms with Gasteiger partial charge < -0.3 is 19.8 Å². The van der Waals surface area contributed by atoms with Crippen molar-refractivity contribution in [2.75, 3.05) is 32.8 Å². The van der Waals surface area contributed by atoms with Crippen LogP contribution in [0.25, 0.3) is 0 Å². The monoisotopic (exact) mass is 426 g/mol. The molecule has 1 fully saturated rings. The summed E-state index contributed by atoms with van der Waals surface area (Å²) >= 11 is 6.19. The molecule has 2 aromatic rings. The predicted molar refractivity (Wildman–Crippen MR) is 113 cm³/mol. The highest BCUT2D eigenvalue weighted by molar-refractivity contribution is 6.30. The Kier molecular flexibility index (Phi) is 5.82. The predicted octanol–water partition coefficient (Wildman–Crippen LogP) is 2.36. The normalized spacial score (nSPS) is 19.2. The molecule has 0 amide bonds. The second-order valence-corrected chi connectivity index (χ2v) is 7.89. The van der Waals surface area contributed by atoms with E-state index in [0.717, 1.165) is 30.9 Å². The number of ether oxygens (including phenoxy) is 2. The summed E-state index contributed by atoms with van der Waals surface area (Å²) in [6.07, 6.45) is 0. The van der Waals surface area contributed by atoms with E-state index in [-0.39, 0.29) is 17.0 Å². The van der Waals surface area contributed by atoms with Gasteiger partial charge in [-0.1, -0.05) is 23.7 Å². The Morgan fingerprint density at radius 3 is 2.73 bits per heavy atom. The molecule has 2 aliphatic rings. The largest absolute Gasteiger partial charge is 0.440 e. The van der Waals surface area contributed by atoms with Gasteiger partial charge in [0.05, 0.1) is 24.7 Å². The first kappa shape index (κ1) is 20.5. The molecule has 8 heteroatoms. The molecular weight excluding hydrogens is 404 g/mol. The quantitative estimate of drug-likeness (QED) is 0.806. The van der Waals surface area contributed by atoms with Crippen LogP contribution in [-0.2, 0) is 11.3 Å². The number of benzene rings is 1. The van der Waals surface area contributed by atoms with Gasteiger partial charge >= 0.3 is 0 Å². The number of morpholine rings is 1. The number of pyridine rings is 1. The minimum absolute atomic E-state index is 0.0137. The number of aryl methyl sites for hydroxylation is 1. The van der Waals surface area contributed by atoms with Crippen LogP contribution in [0.2, 0.25) is 5.02 Å². The molecule has 156 valence electrons. The van der Waals surface area contributed by atoms with Crippen molar-refractivity contribution in [2.24, 2.45) is 5.73 Å². The van der Waals surface area contributed by atoms with E-state index < -0.39 is 5.92 Å². The summed E-state index contributed by atoms with van der Waals surface area (Å²) in [5.74, 6) is -0.221. The van der Waals surface area contributed by atoms with E-state index in [1.165, 1.54) is 0 Å². The number of aromatic nitrogens is 1. The van der Waals surface area contributed by atoms with Crippen LogP contribution in [-0.4, -0.2) is 42.3 Å². The number of nitrogens with two attached hydrogens (primary N) is 1. The Hall–Kier alpha value is -2.79. The summed E-state index contributed by atoms with van der Waals surface area (Å²) < 4.78 is 12.8. The zero-order chi connectivity index (χ0) is 21.3. The van der Waals surface area contributed by atoms with Gasteiger partial charge in [-0.2, -0.15) is 5.26 Å². The molecule has 0 aliphatic carbocycles. The Balaban J connectivity index is 1.78. The number of hydrogen-bond acceptors (Lipinski definition) is 6. The molecule has 0 bridgehead atoms. The molecule has 7 nitrogen and oxygen atoms in total. The van der Waals surface area contributed by atoms with Gasteiger partial charge in [0.1, 0.15) is 17.4 Å². The number of hydrogen-bond donors (Lipinski definition) is 1. The van der Waals surface area contributed by atoms with Crippen molar-refractivity contribution in [1.82, 2.24) is 9.47 Å². The first-order chi connectivity index (χ1) is 14.5.